The van der Waals surface area contributed by atoms with E-state index in [9.17, 15) is 4.79 Å². The van der Waals surface area contributed by atoms with Crippen LogP contribution in [0.3, 0.4) is 0 Å². The molecule has 1 amide bonds. The molecule has 0 bridgehead atoms. The summed E-state index contributed by atoms with van der Waals surface area (Å²) in [6.45, 7) is 8.60. The maximum Gasteiger partial charge on any atom is 0.410 e. The summed E-state index contributed by atoms with van der Waals surface area (Å²) >= 11 is 0. The van der Waals surface area contributed by atoms with E-state index in [-0.39, 0.29) is 12.1 Å². The molecule has 1 atom stereocenters. The first-order valence-corrected chi connectivity index (χ1v) is 7.05. The molecule has 0 saturated heterocycles. The van der Waals surface area contributed by atoms with Gasteiger partial charge in [-0.15, -0.1) is 0 Å². The van der Waals surface area contributed by atoms with Crippen LogP contribution in [0.5, 0.6) is 0 Å². The fourth-order valence-corrected chi connectivity index (χ4v) is 1.84. The van der Waals surface area contributed by atoms with E-state index in [1.807, 2.05) is 45.9 Å². The average Bonchev–Trinajstić information content (AvgIpc) is 2.33. The first-order chi connectivity index (χ1) is 9.28. The quantitative estimate of drug-likeness (QED) is 0.901. The van der Waals surface area contributed by atoms with Gasteiger partial charge in [0.05, 0.1) is 0 Å². The van der Waals surface area contributed by atoms with Gasteiger partial charge in [-0.25, -0.2) is 4.79 Å². The number of nitrogens with zero attached hydrogens (tertiary/aromatic N) is 1. The molecule has 1 aromatic carbocycles. The number of amides is 1. The third-order valence-corrected chi connectivity index (χ3v) is 2.67. The Kier molecular flexibility index (Phi) is 6.02. The maximum atomic E-state index is 12.2. The zero-order chi connectivity index (χ0) is 15.2. The van der Waals surface area contributed by atoms with Crippen molar-refractivity contribution >= 4 is 6.09 Å². The second-order valence-electron chi connectivity index (χ2n) is 6.14. The summed E-state index contributed by atoms with van der Waals surface area (Å²) in [5, 5.41) is 0. The van der Waals surface area contributed by atoms with Crippen LogP contribution in [0.1, 0.15) is 33.3 Å². The van der Waals surface area contributed by atoms with Crippen LogP contribution in [0, 0.1) is 0 Å². The topological polar surface area (TPSA) is 55.6 Å². The van der Waals surface area contributed by atoms with Crippen LogP contribution < -0.4 is 5.73 Å². The fraction of sp³-hybridized carbons (Fsp3) is 0.562. The van der Waals surface area contributed by atoms with Gasteiger partial charge in [-0.05, 0) is 39.7 Å². The van der Waals surface area contributed by atoms with E-state index in [4.69, 9.17) is 10.5 Å². The number of hydrogen-bond donors (Lipinski definition) is 1. The average molecular weight is 278 g/mol. The Labute approximate surface area is 121 Å². The normalized spacial score (nSPS) is 12.8. The minimum absolute atomic E-state index is 0.0710. The van der Waals surface area contributed by atoms with Gasteiger partial charge in [-0.3, -0.25) is 0 Å². The highest BCUT2D eigenvalue weighted by atomic mass is 16.6. The molecule has 1 rings (SSSR count). The lowest BCUT2D eigenvalue weighted by atomic mass is 10.1. The molecule has 2 N–H and O–H groups in total. The number of carbonyl (C=O) groups excluding carboxylic acids is 1. The number of benzene rings is 1. The molecule has 4 heteroatoms. The second-order valence-corrected chi connectivity index (χ2v) is 6.14. The van der Waals surface area contributed by atoms with Gasteiger partial charge < -0.3 is 15.4 Å². The van der Waals surface area contributed by atoms with Gasteiger partial charge in [0.1, 0.15) is 5.60 Å². The molecule has 0 spiro atoms. The molecule has 0 radical (unpaired) electrons. The van der Waals surface area contributed by atoms with Crippen molar-refractivity contribution in [3.05, 3.63) is 35.9 Å². The van der Waals surface area contributed by atoms with Crippen molar-refractivity contribution in [2.45, 2.75) is 45.8 Å². The molecule has 0 aliphatic heterocycles. The van der Waals surface area contributed by atoms with Crippen molar-refractivity contribution in [2.24, 2.45) is 5.73 Å². The summed E-state index contributed by atoms with van der Waals surface area (Å²) in [4.78, 5) is 13.8. The van der Waals surface area contributed by atoms with Crippen LogP contribution >= 0.6 is 0 Å². The summed E-state index contributed by atoms with van der Waals surface area (Å²) in [6, 6.07) is 10.0. The van der Waals surface area contributed by atoms with Crippen molar-refractivity contribution in [1.29, 1.82) is 0 Å². The lowest BCUT2D eigenvalue weighted by molar-refractivity contribution is 0.0243. The lowest BCUT2D eigenvalue weighted by Gasteiger charge is -2.28. The molecule has 0 aliphatic rings. The maximum absolute atomic E-state index is 12.2. The third-order valence-electron chi connectivity index (χ3n) is 2.67. The van der Waals surface area contributed by atoms with Gasteiger partial charge in [-0.2, -0.15) is 0 Å². The lowest BCUT2D eigenvalue weighted by Crippen LogP contribution is -2.43. The summed E-state index contributed by atoms with van der Waals surface area (Å²) in [5.74, 6) is 0. The van der Waals surface area contributed by atoms with E-state index in [1.54, 1.807) is 4.90 Å². The zero-order valence-electron chi connectivity index (χ0n) is 12.9. The first-order valence-electron chi connectivity index (χ1n) is 7.05. The summed E-state index contributed by atoms with van der Waals surface area (Å²) in [5.41, 5.74) is 6.53. The SMILES string of the molecule is CC(N)CN(CCc1ccccc1)C(=O)OC(C)(C)C. The number of hydrogen-bond acceptors (Lipinski definition) is 3. The Hall–Kier alpha value is -1.55. The van der Waals surface area contributed by atoms with Crippen LogP contribution in [0.15, 0.2) is 30.3 Å². The van der Waals surface area contributed by atoms with E-state index in [2.05, 4.69) is 12.1 Å². The van der Waals surface area contributed by atoms with Crippen molar-refractivity contribution < 1.29 is 9.53 Å². The van der Waals surface area contributed by atoms with E-state index in [1.165, 1.54) is 5.56 Å². The van der Waals surface area contributed by atoms with Crippen molar-refractivity contribution in [3.63, 3.8) is 0 Å². The van der Waals surface area contributed by atoms with Gasteiger partial charge in [-0.1, -0.05) is 30.3 Å². The highest BCUT2D eigenvalue weighted by Gasteiger charge is 2.22. The molecule has 0 aromatic heterocycles. The highest BCUT2D eigenvalue weighted by molar-refractivity contribution is 5.68. The summed E-state index contributed by atoms with van der Waals surface area (Å²) in [6.07, 6.45) is 0.498. The van der Waals surface area contributed by atoms with Gasteiger partial charge in [0.25, 0.3) is 0 Å². The fourth-order valence-electron chi connectivity index (χ4n) is 1.84. The number of rotatable bonds is 5. The van der Waals surface area contributed by atoms with E-state index in [0.717, 1.165) is 6.42 Å². The van der Waals surface area contributed by atoms with Gasteiger partial charge in [0.2, 0.25) is 0 Å². The highest BCUT2D eigenvalue weighted by Crippen LogP contribution is 2.11. The van der Waals surface area contributed by atoms with Crippen LogP contribution in [-0.2, 0) is 11.2 Å². The Balaban J connectivity index is 2.62. The monoisotopic (exact) mass is 278 g/mol. The summed E-state index contributed by atoms with van der Waals surface area (Å²) < 4.78 is 5.42. The molecule has 4 nitrogen and oxygen atoms in total. The van der Waals surface area contributed by atoms with Crippen LogP contribution in [0.4, 0.5) is 4.79 Å². The predicted molar refractivity (Wildman–Crippen MR) is 81.6 cm³/mol. The van der Waals surface area contributed by atoms with Crippen molar-refractivity contribution in [1.82, 2.24) is 4.90 Å². The molecule has 0 fully saturated rings. The molecule has 0 aliphatic carbocycles. The first kappa shape index (κ1) is 16.5. The number of carbonyl (C=O) groups is 1. The predicted octanol–water partition coefficient (Wildman–Crippen LogP) is 2.81. The molecule has 1 aromatic rings. The minimum Gasteiger partial charge on any atom is -0.444 e. The van der Waals surface area contributed by atoms with Crippen LogP contribution in [0.2, 0.25) is 0 Å². The van der Waals surface area contributed by atoms with Crippen molar-refractivity contribution in [2.75, 3.05) is 13.1 Å². The smallest absolute Gasteiger partial charge is 0.410 e. The van der Waals surface area contributed by atoms with Crippen LogP contribution in [0.25, 0.3) is 0 Å². The zero-order valence-corrected chi connectivity index (χ0v) is 12.9. The Morgan fingerprint density at radius 3 is 2.40 bits per heavy atom. The van der Waals surface area contributed by atoms with Crippen molar-refractivity contribution in [3.8, 4) is 0 Å². The van der Waals surface area contributed by atoms with E-state index >= 15 is 0 Å². The third kappa shape index (κ3) is 6.57. The second kappa shape index (κ2) is 7.29. The number of ether oxygens (including phenoxy) is 1. The minimum atomic E-state index is -0.486. The van der Waals surface area contributed by atoms with E-state index < -0.39 is 5.60 Å². The van der Waals surface area contributed by atoms with Crippen LogP contribution in [-0.4, -0.2) is 35.7 Å². The Morgan fingerprint density at radius 2 is 1.90 bits per heavy atom. The van der Waals surface area contributed by atoms with Gasteiger partial charge in [0, 0.05) is 19.1 Å². The Bertz CT molecular complexity index is 410. The molecule has 20 heavy (non-hydrogen) atoms. The standard InChI is InChI=1S/C16H26N2O2/c1-13(17)12-18(15(19)20-16(2,3)4)11-10-14-8-6-5-7-9-14/h5-9,13H,10-12,17H2,1-4H3. The molecule has 0 saturated carbocycles. The number of nitrogens with two attached hydrogens (primary N) is 1. The molecule has 112 valence electrons. The molecule has 1 unspecified atom stereocenters. The molecule has 0 heterocycles. The van der Waals surface area contributed by atoms with Gasteiger partial charge >= 0.3 is 6.09 Å². The largest absolute Gasteiger partial charge is 0.444 e. The van der Waals surface area contributed by atoms with Gasteiger partial charge in [0.15, 0.2) is 0 Å². The molecular weight excluding hydrogens is 252 g/mol. The summed E-state index contributed by atoms with van der Waals surface area (Å²) in [7, 11) is 0. The van der Waals surface area contributed by atoms with E-state index in [0.29, 0.717) is 13.1 Å². The Morgan fingerprint density at radius 1 is 1.30 bits per heavy atom. The molecular formula is C16H26N2O2.